The van der Waals surface area contributed by atoms with Gasteiger partial charge in [-0.25, -0.2) is 0 Å². The molecule has 1 heterocycles. The van der Waals surface area contributed by atoms with E-state index in [1.54, 1.807) is 0 Å². The minimum atomic E-state index is -4.08. The molecule has 118 valence electrons. The van der Waals surface area contributed by atoms with E-state index >= 15 is 0 Å². The summed E-state index contributed by atoms with van der Waals surface area (Å²) in [5.74, 6) is 0. The van der Waals surface area contributed by atoms with Gasteiger partial charge in [0.05, 0.1) is 6.54 Å². The molecule has 0 amide bonds. The topological polar surface area (TPSA) is 6.48 Å². The molecule has 0 atom stereocenters. The van der Waals surface area contributed by atoms with E-state index in [4.69, 9.17) is 0 Å². The van der Waals surface area contributed by atoms with E-state index in [0.717, 1.165) is 36.9 Å². The SMILES string of the molecule is FC(F)(F)CN1CCN(CCCc2ccc(Br)cc2)CC1. The van der Waals surface area contributed by atoms with Crippen LogP contribution in [0.15, 0.2) is 28.7 Å². The molecule has 0 radical (unpaired) electrons. The minimum absolute atomic E-state index is 0.512. The van der Waals surface area contributed by atoms with Crippen molar-refractivity contribution in [3.05, 3.63) is 34.3 Å². The van der Waals surface area contributed by atoms with E-state index in [9.17, 15) is 13.2 Å². The number of halogens is 4. The largest absolute Gasteiger partial charge is 0.401 e. The Hall–Kier alpha value is -0.590. The summed E-state index contributed by atoms with van der Waals surface area (Å²) in [6.07, 6.45) is -2.03. The van der Waals surface area contributed by atoms with Crippen LogP contribution in [0.3, 0.4) is 0 Å². The summed E-state index contributed by atoms with van der Waals surface area (Å²) in [7, 11) is 0. The van der Waals surface area contributed by atoms with Crippen LogP contribution >= 0.6 is 15.9 Å². The maximum absolute atomic E-state index is 12.3. The van der Waals surface area contributed by atoms with E-state index in [-0.39, 0.29) is 0 Å². The zero-order chi connectivity index (χ0) is 15.3. The van der Waals surface area contributed by atoms with E-state index in [0.29, 0.717) is 13.1 Å². The molecule has 1 aromatic carbocycles. The fourth-order valence-corrected chi connectivity index (χ4v) is 2.85. The number of rotatable bonds is 5. The van der Waals surface area contributed by atoms with Crippen molar-refractivity contribution in [3.63, 3.8) is 0 Å². The van der Waals surface area contributed by atoms with Crippen molar-refractivity contribution >= 4 is 15.9 Å². The summed E-state index contributed by atoms with van der Waals surface area (Å²) < 4.78 is 38.0. The lowest BCUT2D eigenvalue weighted by Gasteiger charge is -2.34. The molecule has 1 aromatic rings. The number of aryl methyl sites for hydroxylation is 1. The van der Waals surface area contributed by atoms with Gasteiger partial charge in [0, 0.05) is 30.7 Å². The lowest BCUT2D eigenvalue weighted by molar-refractivity contribution is -0.149. The van der Waals surface area contributed by atoms with Crippen molar-refractivity contribution in [1.82, 2.24) is 9.80 Å². The Balaban J connectivity index is 1.64. The van der Waals surface area contributed by atoms with Gasteiger partial charge in [-0.2, -0.15) is 13.2 Å². The molecule has 21 heavy (non-hydrogen) atoms. The molecular formula is C15H20BrF3N2. The second kappa shape index (κ2) is 7.61. The summed E-state index contributed by atoms with van der Waals surface area (Å²) in [6.45, 7) is 2.66. The molecule has 0 spiro atoms. The molecule has 1 aliphatic rings. The van der Waals surface area contributed by atoms with Crippen LogP contribution in [0.5, 0.6) is 0 Å². The Morgan fingerprint density at radius 1 is 0.952 bits per heavy atom. The molecule has 0 aliphatic carbocycles. The lowest BCUT2D eigenvalue weighted by atomic mass is 10.1. The fraction of sp³-hybridized carbons (Fsp3) is 0.600. The van der Waals surface area contributed by atoms with Gasteiger partial charge in [-0.05, 0) is 37.1 Å². The quantitative estimate of drug-likeness (QED) is 0.787. The second-order valence-corrected chi connectivity index (χ2v) is 6.38. The van der Waals surface area contributed by atoms with E-state index in [1.165, 1.54) is 10.5 Å². The molecule has 0 saturated carbocycles. The van der Waals surface area contributed by atoms with Crippen LogP contribution in [0.25, 0.3) is 0 Å². The average Bonchev–Trinajstić information content (AvgIpc) is 2.41. The van der Waals surface area contributed by atoms with Gasteiger partial charge in [-0.1, -0.05) is 28.1 Å². The molecule has 1 fully saturated rings. The molecule has 0 bridgehead atoms. The van der Waals surface area contributed by atoms with Crippen LogP contribution in [0, 0.1) is 0 Å². The first-order valence-electron chi connectivity index (χ1n) is 7.18. The predicted molar refractivity (Wildman–Crippen MR) is 81.4 cm³/mol. The van der Waals surface area contributed by atoms with Crippen molar-refractivity contribution < 1.29 is 13.2 Å². The molecule has 0 N–H and O–H groups in total. The summed E-state index contributed by atoms with van der Waals surface area (Å²) in [4.78, 5) is 3.75. The Bertz CT molecular complexity index is 426. The number of nitrogens with zero attached hydrogens (tertiary/aromatic N) is 2. The van der Waals surface area contributed by atoms with Crippen molar-refractivity contribution in [2.24, 2.45) is 0 Å². The van der Waals surface area contributed by atoms with Crippen LogP contribution in [0.4, 0.5) is 13.2 Å². The van der Waals surface area contributed by atoms with Gasteiger partial charge in [0.25, 0.3) is 0 Å². The van der Waals surface area contributed by atoms with Crippen molar-refractivity contribution in [2.45, 2.75) is 19.0 Å². The maximum Gasteiger partial charge on any atom is 0.401 e. The Kier molecular flexibility index (Phi) is 6.08. The molecule has 6 heteroatoms. The smallest absolute Gasteiger partial charge is 0.301 e. The second-order valence-electron chi connectivity index (χ2n) is 5.46. The van der Waals surface area contributed by atoms with Gasteiger partial charge in [0.2, 0.25) is 0 Å². The predicted octanol–water partition coefficient (Wildman–Crippen LogP) is 3.56. The third-order valence-electron chi connectivity index (χ3n) is 3.72. The van der Waals surface area contributed by atoms with Crippen molar-refractivity contribution in [1.29, 1.82) is 0 Å². The molecule has 0 aromatic heterocycles. The van der Waals surface area contributed by atoms with Crippen LogP contribution in [0.1, 0.15) is 12.0 Å². The molecule has 1 aliphatic heterocycles. The van der Waals surface area contributed by atoms with E-state index < -0.39 is 12.7 Å². The highest BCUT2D eigenvalue weighted by Gasteiger charge is 2.31. The van der Waals surface area contributed by atoms with Crippen LogP contribution in [-0.4, -0.2) is 55.2 Å². The van der Waals surface area contributed by atoms with Crippen molar-refractivity contribution in [3.8, 4) is 0 Å². The molecule has 1 saturated heterocycles. The Labute approximate surface area is 132 Å². The highest BCUT2D eigenvalue weighted by molar-refractivity contribution is 9.10. The first-order valence-corrected chi connectivity index (χ1v) is 7.97. The summed E-state index contributed by atoms with van der Waals surface area (Å²) in [6, 6.07) is 8.27. The summed E-state index contributed by atoms with van der Waals surface area (Å²) in [5.41, 5.74) is 1.30. The fourth-order valence-electron chi connectivity index (χ4n) is 2.58. The van der Waals surface area contributed by atoms with Gasteiger partial charge in [0.1, 0.15) is 0 Å². The molecule has 0 unspecified atom stereocenters. The van der Waals surface area contributed by atoms with Gasteiger partial charge >= 0.3 is 6.18 Å². The summed E-state index contributed by atoms with van der Waals surface area (Å²) >= 11 is 3.41. The minimum Gasteiger partial charge on any atom is -0.301 e. The third kappa shape index (κ3) is 6.36. The van der Waals surface area contributed by atoms with Crippen molar-refractivity contribution in [2.75, 3.05) is 39.3 Å². The normalized spacial score (nSPS) is 18.1. The third-order valence-corrected chi connectivity index (χ3v) is 4.25. The zero-order valence-corrected chi connectivity index (χ0v) is 13.5. The van der Waals surface area contributed by atoms with E-state index in [2.05, 4.69) is 33.0 Å². The maximum atomic E-state index is 12.3. The number of hydrogen-bond donors (Lipinski definition) is 0. The number of hydrogen-bond acceptors (Lipinski definition) is 2. The van der Waals surface area contributed by atoms with Gasteiger partial charge in [0.15, 0.2) is 0 Å². The molecule has 2 rings (SSSR count). The van der Waals surface area contributed by atoms with Gasteiger partial charge in [-0.3, -0.25) is 4.90 Å². The number of piperazine rings is 1. The molecule has 2 nitrogen and oxygen atoms in total. The Morgan fingerprint density at radius 3 is 2.10 bits per heavy atom. The molecular weight excluding hydrogens is 345 g/mol. The monoisotopic (exact) mass is 364 g/mol. The standard InChI is InChI=1S/C15H20BrF3N2/c16-14-5-3-13(4-6-14)2-1-7-20-8-10-21(11-9-20)12-15(17,18)19/h3-6H,1-2,7-12H2. The van der Waals surface area contributed by atoms with Gasteiger partial charge < -0.3 is 4.90 Å². The number of benzene rings is 1. The first-order chi connectivity index (χ1) is 9.92. The average molecular weight is 365 g/mol. The summed E-state index contributed by atoms with van der Waals surface area (Å²) in [5, 5.41) is 0. The Morgan fingerprint density at radius 2 is 1.52 bits per heavy atom. The highest BCUT2D eigenvalue weighted by atomic mass is 79.9. The van der Waals surface area contributed by atoms with Gasteiger partial charge in [-0.15, -0.1) is 0 Å². The van der Waals surface area contributed by atoms with E-state index in [1.807, 2.05) is 12.1 Å². The first kappa shape index (κ1) is 16.8. The van der Waals surface area contributed by atoms with Crippen LogP contribution in [0.2, 0.25) is 0 Å². The van der Waals surface area contributed by atoms with Crippen LogP contribution < -0.4 is 0 Å². The lowest BCUT2D eigenvalue weighted by Crippen LogP contribution is -2.49. The van der Waals surface area contributed by atoms with Crippen LogP contribution in [-0.2, 0) is 6.42 Å². The highest BCUT2D eigenvalue weighted by Crippen LogP contribution is 2.17. The zero-order valence-electron chi connectivity index (χ0n) is 11.9. The number of alkyl halides is 3.